The van der Waals surface area contributed by atoms with Crippen LogP contribution >= 0.6 is 0 Å². The first-order chi connectivity index (χ1) is 8.63. The van der Waals surface area contributed by atoms with Crippen LogP contribution < -0.4 is 5.32 Å². The summed E-state index contributed by atoms with van der Waals surface area (Å²) in [4.78, 5) is 22.9. The van der Waals surface area contributed by atoms with Crippen LogP contribution in [0.1, 0.15) is 29.4 Å². The smallest absolute Gasteiger partial charge is 0.328 e. The summed E-state index contributed by atoms with van der Waals surface area (Å²) in [6.45, 7) is -0.0504. The molecule has 1 aromatic heterocycles. The summed E-state index contributed by atoms with van der Waals surface area (Å²) in [5.41, 5.74) is 0.500. The SMILES string of the molecule is COCC(NC(=O)c1cccn1C1CC1)C(=O)O. The van der Waals surface area contributed by atoms with E-state index < -0.39 is 12.0 Å². The largest absolute Gasteiger partial charge is 0.480 e. The minimum Gasteiger partial charge on any atom is -0.480 e. The lowest BCUT2D eigenvalue weighted by Gasteiger charge is -2.14. The van der Waals surface area contributed by atoms with E-state index >= 15 is 0 Å². The number of carbonyl (C=O) groups excluding carboxylic acids is 1. The van der Waals surface area contributed by atoms with Crippen LogP contribution in [0.25, 0.3) is 0 Å². The zero-order valence-corrected chi connectivity index (χ0v) is 10.1. The van der Waals surface area contributed by atoms with E-state index in [0.29, 0.717) is 11.7 Å². The molecule has 1 amide bonds. The number of methoxy groups -OCH3 is 1. The molecule has 0 spiro atoms. The minimum atomic E-state index is -1.10. The van der Waals surface area contributed by atoms with Gasteiger partial charge in [0.05, 0.1) is 6.61 Å². The van der Waals surface area contributed by atoms with Gasteiger partial charge < -0.3 is 19.7 Å². The second-order valence-corrected chi connectivity index (χ2v) is 4.35. The van der Waals surface area contributed by atoms with Crippen molar-refractivity contribution in [2.75, 3.05) is 13.7 Å². The molecular weight excluding hydrogens is 236 g/mol. The molecule has 2 N–H and O–H groups in total. The number of aliphatic carboxylic acids is 1. The summed E-state index contributed by atoms with van der Waals surface area (Å²) in [6, 6.07) is 2.84. The quantitative estimate of drug-likeness (QED) is 0.779. The second-order valence-electron chi connectivity index (χ2n) is 4.35. The Bertz CT molecular complexity index is 451. The molecule has 2 rings (SSSR count). The second kappa shape index (κ2) is 5.22. The first-order valence-electron chi connectivity index (χ1n) is 5.83. The maximum atomic E-state index is 12.0. The molecule has 6 heteroatoms. The van der Waals surface area contributed by atoms with Crippen LogP contribution in [0.3, 0.4) is 0 Å². The van der Waals surface area contributed by atoms with Gasteiger partial charge >= 0.3 is 5.97 Å². The summed E-state index contributed by atoms with van der Waals surface area (Å²) in [5, 5.41) is 11.4. The van der Waals surface area contributed by atoms with Crippen molar-refractivity contribution in [1.29, 1.82) is 0 Å². The Morgan fingerprint density at radius 3 is 2.89 bits per heavy atom. The van der Waals surface area contributed by atoms with Crippen molar-refractivity contribution < 1.29 is 19.4 Å². The number of hydrogen-bond donors (Lipinski definition) is 2. The molecule has 18 heavy (non-hydrogen) atoms. The van der Waals surface area contributed by atoms with Crippen molar-refractivity contribution in [3.8, 4) is 0 Å². The van der Waals surface area contributed by atoms with Crippen LogP contribution in [0.2, 0.25) is 0 Å². The van der Waals surface area contributed by atoms with Crippen LogP contribution in [-0.2, 0) is 9.53 Å². The average molecular weight is 252 g/mol. The molecule has 0 aliphatic heterocycles. The third kappa shape index (κ3) is 2.70. The molecule has 1 atom stereocenters. The summed E-state index contributed by atoms with van der Waals surface area (Å²) in [6.07, 6.45) is 3.98. The van der Waals surface area contributed by atoms with Gasteiger partial charge in [-0.3, -0.25) is 4.79 Å². The molecule has 1 heterocycles. The normalized spacial score (nSPS) is 16.3. The molecule has 1 fully saturated rings. The molecule has 1 unspecified atom stereocenters. The molecule has 1 aromatic rings. The third-order valence-electron chi connectivity index (χ3n) is 2.89. The summed E-state index contributed by atoms with van der Waals surface area (Å²) < 4.78 is 6.66. The number of amides is 1. The molecule has 0 radical (unpaired) electrons. The fourth-order valence-electron chi connectivity index (χ4n) is 1.83. The van der Waals surface area contributed by atoms with Crippen LogP contribution in [0.5, 0.6) is 0 Å². The Morgan fingerprint density at radius 2 is 2.33 bits per heavy atom. The predicted molar refractivity (Wildman–Crippen MR) is 63.5 cm³/mol. The number of aromatic nitrogens is 1. The van der Waals surface area contributed by atoms with E-state index in [4.69, 9.17) is 9.84 Å². The van der Waals surface area contributed by atoms with Crippen molar-refractivity contribution in [2.24, 2.45) is 0 Å². The van der Waals surface area contributed by atoms with Crippen molar-refractivity contribution >= 4 is 11.9 Å². The van der Waals surface area contributed by atoms with Gasteiger partial charge in [0.25, 0.3) is 5.91 Å². The number of ether oxygens (including phenoxy) is 1. The number of nitrogens with zero attached hydrogens (tertiary/aromatic N) is 1. The lowest BCUT2D eigenvalue weighted by atomic mass is 10.3. The molecule has 1 aliphatic carbocycles. The van der Waals surface area contributed by atoms with Gasteiger partial charge in [0, 0.05) is 19.3 Å². The first-order valence-corrected chi connectivity index (χ1v) is 5.83. The molecule has 6 nitrogen and oxygen atoms in total. The number of hydrogen-bond acceptors (Lipinski definition) is 3. The minimum absolute atomic E-state index is 0.0504. The van der Waals surface area contributed by atoms with Crippen LogP contribution in [-0.4, -0.2) is 41.3 Å². The van der Waals surface area contributed by atoms with Crippen LogP contribution in [0.15, 0.2) is 18.3 Å². The van der Waals surface area contributed by atoms with Crippen molar-refractivity contribution in [1.82, 2.24) is 9.88 Å². The van der Waals surface area contributed by atoms with E-state index in [0.717, 1.165) is 12.8 Å². The Kier molecular flexibility index (Phi) is 3.66. The van der Waals surface area contributed by atoms with E-state index in [9.17, 15) is 9.59 Å². The standard InChI is InChI=1S/C12H16N2O4/c1-18-7-9(12(16)17)13-11(15)10-3-2-6-14(10)8-4-5-8/h2-3,6,8-9H,4-5,7H2,1H3,(H,13,15)(H,16,17). The number of carbonyl (C=O) groups is 2. The number of rotatable bonds is 6. The van der Waals surface area contributed by atoms with Gasteiger partial charge in [-0.1, -0.05) is 0 Å². The Balaban J connectivity index is 2.05. The highest BCUT2D eigenvalue weighted by Gasteiger charge is 2.28. The topological polar surface area (TPSA) is 80.6 Å². The fraction of sp³-hybridized carbons (Fsp3) is 0.500. The molecule has 0 saturated heterocycles. The van der Waals surface area contributed by atoms with E-state index in [1.807, 2.05) is 10.8 Å². The van der Waals surface area contributed by atoms with Crippen molar-refractivity contribution in [2.45, 2.75) is 24.9 Å². The van der Waals surface area contributed by atoms with E-state index in [-0.39, 0.29) is 12.5 Å². The van der Waals surface area contributed by atoms with E-state index in [1.54, 1.807) is 12.1 Å². The molecule has 0 bridgehead atoms. The highest BCUT2D eigenvalue weighted by molar-refractivity contribution is 5.95. The van der Waals surface area contributed by atoms with Gasteiger partial charge in [-0.15, -0.1) is 0 Å². The van der Waals surface area contributed by atoms with Gasteiger partial charge in [0.15, 0.2) is 6.04 Å². The Hall–Kier alpha value is -1.82. The highest BCUT2D eigenvalue weighted by atomic mass is 16.5. The lowest BCUT2D eigenvalue weighted by Crippen LogP contribution is -2.44. The fourth-order valence-corrected chi connectivity index (χ4v) is 1.83. The van der Waals surface area contributed by atoms with Gasteiger partial charge in [-0.25, -0.2) is 4.79 Å². The first kappa shape index (κ1) is 12.6. The summed E-state index contributed by atoms with van der Waals surface area (Å²) in [7, 11) is 1.40. The maximum Gasteiger partial charge on any atom is 0.328 e. The predicted octanol–water partition coefficient (Wildman–Crippen LogP) is 0.652. The van der Waals surface area contributed by atoms with Crippen molar-refractivity contribution in [3.63, 3.8) is 0 Å². The average Bonchev–Trinajstić information content (AvgIpc) is 3.06. The maximum absolute atomic E-state index is 12.0. The summed E-state index contributed by atoms with van der Waals surface area (Å²) in [5.74, 6) is -1.48. The molecule has 0 aromatic carbocycles. The highest BCUT2D eigenvalue weighted by Crippen LogP contribution is 2.35. The van der Waals surface area contributed by atoms with Crippen molar-refractivity contribution in [3.05, 3.63) is 24.0 Å². The monoisotopic (exact) mass is 252 g/mol. The van der Waals surface area contributed by atoms with E-state index in [1.165, 1.54) is 7.11 Å². The summed E-state index contributed by atoms with van der Waals surface area (Å²) >= 11 is 0. The van der Waals surface area contributed by atoms with E-state index in [2.05, 4.69) is 5.32 Å². The number of nitrogens with one attached hydrogen (secondary N) is 1. The molecule has 98 valence electrons. The van der Waals surface area contributed by atoms with Gasteiger partial charge in [-0.05, 0) is 25.0 Å². The number of carboxylic acid groups (broad SMARTS) is 1. The Morgan fingerprint density at radius 1 is 1.61 bits per heavy atom. The van der Waals surface area contributed by atoms with Crippen LogP contribution in [0.4, 0.5) is 0 Å². The molecule has 1 aliphatic rings. The Labute approximate surface area is 105 Å². The zero-order chi connectivity index (χ0) is 13.1. The lowest BCUT2D eigenvalue weighted by molar-refractivity contribution is -0.140. The number of carboxylic acids is 1. The molecule has 1 saturated carbocycles. The third-order valence-corrected chi connectivity index (χ3v) is 2.89. The van der Waals surface area contributed by atoms with Gasteiger partial charge in [-0.2, -0.15) is 0 Å². The van der Waals surface area contributed by atoms with Gasteiger partial charge in [0.1, 0.15) is 5.69 Å². The van der Waals surface area contributed by atoms with Gasteiger partial charge in [0.2, 0.25) is 0 Å². The zero-order valence-electron chi connectivity index (χ0n) is 10.1. The van der Waals surface area contributed by atoms with Crippen LogP contribution in [0, 0.1) is 0 Å². The molecular formula is C12H16N2O4.